The highest BCUT2D eigenvalue weighted by molar-refractivity contribution is 6.31. The van der Waals surface area contributed by atoms with Crippen molar-refractivity contribution in [1.82, 2.24) is 9.88 Å². The van der Waals surface area contributed by atoms with E-state index in [1.807, 2.05) is 24.5 Å². The Morgan fingerprint density at radius 2 is 1.83 bits per heavy atom. The van der Waals surface area contributed by atoms with Crippen molar-refractivity contribution in [3.05, 3.63) is 88.2 Å². The molecule has 0 amide bonds. The van der Waals surface area contributed by atoms with Crippen LogP contribution in [0, 0.1) is 13.8 Å². The first-order chi connectivity index (χ1) is 14.3. The largest absolute Gasteiger partial charge is 0.330 e. The van der Waals surface area contributed by atoms with E-state index in [1.54, 1.807) is 0 Å². The van der Waals surface area contributed by atoms with Gasteiger partial charge in [-0.1, -0.05) is 41.9 Å². The maximum atomic E-state index is 6.39. The first kappa shape index (κ1) is 22.5. The number of nitrogens with zero attached hydrogens (tertiary/aromatic N) is 2. The number of aromatic nitrogens is 1. The Kier molecular flexibility index (Phi) is 7.30. The van der Waals surface area contributed by atoms with Crippen molar-refractivity contribution in [1.29, 1.82) is 0 Å². The van der Waals surface area contributed by atoms with Gasteiger partial charge in [0.1, 0.15) is 0 Å². The van der Waals surface area contributed by atoms with Gasteiger partial charge in [0, 0.05) is 36.0 Å². The van der Waals surface area contributed by atoms with Crippen LogP contribution in [0.3, 0.4) is 0 Å². The maximum absolute atomic E-state index is 6.39. The van der Waals surface area contributed by atoms with Crippen molar-refractivity contribution in [2.75, 3.05) is 13.1 Å². The van der Waals surface area contributed by atoms with E-state index in [0.717, 1.165) is 30.1 Å². The summed E-state index contributed by atoms with van der Waals surface area (Å²) in [6.07, 6.45) is 4.73. The van der Waals surface area contributed by atoms with Crippen molar-refractivity contribution in [2.45, 2.75) is 46.2 Å². The monoisotopic (exact) mass is 421 g/mol. The quantitative estimate of drug-likeness (QED) is 0.477. The Hall–Kier alpha value is -2.20. The van der Waals surface area contributed by atoms with Gasteiger partial charge in [0.2, 0.25) is 0 Å². The van der Waals surface area contributed by atoms with E-state index in [2.05, 4.69) is 74.0 Å². The lowest BCUT2D eigenvalue weighted by Crippen LogP contribution is -2.42. The van der Waals surface area contributed by atoms with Gasteiger partial charge in [-0.2, -0.15) is 0 Å². The van der Waals surface area contributed by atoms with Gasteiger partial charge in [0.05, 0.1) is 0 Å². The summed E-state index contributed by atoms with van der Waals surface area (Å²) in [6.45, 7) is 11.2. The fourth-order valence-corrected chi connectivity index (χ4v) is 4.11. The molecule has 158 valence electrons. The summed E-state index contributed by atoms with van der Waals surface area (Å²) in [6, 6.07) is 17.1. The topological polar surface area (TPSA) is 42.2 Å². The fourth-order valence-electron chi connectivity index (χ4n) is 3.91. The molecule has 4 heteroatoms. The number of benzene rings is 2. The molecule has 0 spiro atoms. The summed E-state index contributed by atoms with van der Waals surface area (Å²) < 4.78 is 0. The van der Waals surface area contributed by atoms with Crippen molar-refractivity contribution >= 4 is 11.6 Å². The molecule has 1 heterocycles. The number of rotatable bonds is 8. The minimum atomic E-state index is -0.166. The summed E-state index contributed by atoms with van der Waals surface area (Å²) in [7, 11) is 0. The van der Waals surface area contributed by atoms with Crippen LogP contribution >= 0.6 is 11.6 Å². The third-order valence-corrected chi connectivity index (χ3v) is 6.47. The number of hydrogen-bond donors (Lipinski definition) is 1. The molecule has 0 atom stereocenters. The third kappa shape index (κ3) is 4.92. The van der Waals surface area contributed by atoms with Crippen LogP contribution in [0.25, 0.3) is 11.1 Å². The molecule has 0 aliphatic heterocycles. The molecule has 3 rings (SSSR count). The summed E-state index contributed by atoms with van der Waals surface area (Å²) >= 11 is 6.39. The second-order valence-corrected chi connectivity index (χ2v) is 8.83. The second-order valence-electron chi connectivity index (χ2n) is 8.42. The van der Waals surface area contributed by atoms with Crippen molar-refractivity contribution in [2.24, 2.45) is 5.73 Å². The number of aryl methyl sites for hydroxylation is 1. The normalized spacial score (nSPS) is 11.8. The molecule has 0 radical (unpaired) electrons. The molecule has 30 heavy (non-hydrogen) atoms. The molecular weight excluding hydrogens is 390 g/mol. The maximum Gasteiger partial charge on any atom is 0.0438 e. The predicted octanol–water partition coefficient (Wildman–Crippen LogP) is 6.10. The van der Waals surface area contributed by atoms with E-state index in [4.69, 9.17) is 17.3 Å². The lowest BCUT2D eigenvalue weighted by Gasteiger charge is -2.40. The van der Waals surface area contributed by atoms with Crippen molar-refractivity contribution in [3.8, 4) is 11.1 Å². The summed E-state index contributed by atoms with van der Waals surface area (Å²) in [5, 5.41) is 0.819. The molecule has 3 nitrogen and oxygen atoms in total. The minimum absolute atomic E-state index is 0.166. The fraction of sp³-hybridized carbons (Fsp3) is 0.346. The molecule has 0 aliphatic rings. The Morgan fingerprint density at radius 3 is 2.57 bits per heavy atom. The van der Waals surface area contributed by atoms with Crippen LogP contribution in [-0.2, 0) is 12.1 Å². The summed E-state index contributed by atoms with van der Waals surface area (Å²) in [4.78, 5) is 6.75. The molecule has 2 aromatic carbocycles. The molecule has 0 bridgehead atoms. The minimum Gasteiger partial charge on any atom is -0.330 e. The Morgan fingerprint density at radius 1 is 1.07 bits per heavy atom. The Bertz CT molecular complexity index is 997. The molecule has 0 saturated heterocycles. The highest BCUT2D eigenvalue weighted by Crippen LogP contribution is 2.34. The van der Waals surface area contributed by atoms with Crippen LogP contribution in [0.1, 0.15) is 42.5 Å². The van der Waals surface area contributed by atoms with E-state index in [9.17, 15) is 0 Å². The smallest absolute Gasteiger partial charge is 0.0438 e. The number of pyridine rings is 1. The van der Waals surface area contributed by atoms with Crippen LogP contribution in [0.15, 0.2) is 60.9 Å². The van der Waals surface area contributed by atoms with Gasteiger partial charge in [0.25, 0.3) is 0 Å². The molecule has 1 aromatic heterocycles. The first-order valence-corrected chi connectivity index (χ1v) is 10.9. The summed E-state index contributed by atoms with van der Waals surface area (Å²) in [5.41, 5.74) is 13.0. The van der Waals surface area contributed by atoms with Crippen molar-refractivity contribution in [3.63, 3.8) is 0 Å². The zero-order valence-corrected chi connectivity index (χ0v) is 19.2. The number of nitrogens with two attached hydrogens (primary N) is 1. The molecule has 0 saturated carbocycles. The van der Waals surface area contributed by atoms with E-state index in [0.29, 0.717) is 6.54 Å². The van der Waals surface area contributed by atoms with Gasteiger partial charge in [0.15, 0.2) is 0 Å². The van der Waals surface area contributed by atoms with Crippen molar-refractivity contribution < 1.29 is 0 Å². The van der Waals surface area contributed by atoms with E-state index in [1.165, 1.54) is 27.8 Å². The third-order valence-electron chi connectivity index (χ3n) is 6.06. The van der Waals surface area contributed by atoms with E-state index >= 15 is 0 Å². The zero-order valence-electron chi connectivity index (χ0n) is 18.5. The van der Waals surface area contributed by atoms with E-state index in [-0.39, 0.29) is 5.54 Å². The SMILES string of the molecule is Cc1cnccc1-c1cccc(C(C)(C)N(CCCN)Cc2cccc(Cl)c2C)c1. The first-order valence-electron chi connectivity index (χ1n) is 10.5. The second kappa shape index (κ2) is 9.74. The van der Waals surface area contributed by atoms with Crippen LogP contribution in [0.4, 0.5) is 0 Å². The predicted molar refractivity (Wildman–Crippen MR) is 128 cm³/mol. The van der Waals surface area contributed by atoms with Gasteiger partial charge in [-0.05, 0) is 92.2 Å². The Balaban J connectivity index is 1.97. The van der Waals surface area contributed by atoms with Crippen LogP contribution in [0.2, 0.25) is 5.02 Å². The molecule has 0 unspecified atom stereocenters. The lowest BCUT2D eigenvalue weighted by molar-refractivity contribution is 0.109. The van der Waals surface area contributed by atoms with Gasteiger partial charge in [-0.25, -0.2) is 0 Å². The molecule has 3 aromatic rings. The molecule has 2 N–H and O–H groups in total. The van der Waals surface area contributed by atoms with Crippen LogP contribution < -0.4 is 5.73 Å². The van der Waals surface area contributed by atoms with Gasteiger partial charge in [-0.3, -0.25) is 9.88 Å². The van der Waals surface area contributed by atoms with Gasteiger partial charge >= 0.3 is 0 Å². The number of halogens is 1. The molecule has 0 fully saturated rings. The Labute approximate surface area is 185 Å². The standard InChI is InChI=1S/C26H32ClN3/c1-19-17-29-14-12-24(19)21-8-5-10-23(16-21)26(3,4)30(15-7-13-28)18-22-9-6-11-25(27)20(22)2/h5-6,8-12,14,16-17H,7,13,15,18,28H2,1-4H3. The highest BCUT2D eigenvalue weighted by Gasteiger charge is 2.29. The molecular formula is C26H32ClN3. The highest BCUT2D eigenvalue weighted by atomic mass is 35.5. The summed E-state index contributed by atoms with van der Waals surface area (Å²) in [5.74, 6) is 0. The average Bonchev–Trinajstić information content (AvgIpc) is 2.74. The van der Waals surface area contributed by atoms with E-state index < -0.39 is 0 Å². The van der Waals surface area contributed by atoms with Crippen LogP contribution in [-0.4, -0.2) is 23.0 Å². The number of hydrogen-bond acceptors (Lipinski definition) is 3. The van der Waals surface area contributed by atoms with Gasteiger partial charge in [-0.15, -0.1) is 0 Å². The van der Waals surface area contributed by atoms with Gasteiger partial charge < -0.3 is 5.73 Å². The zero-order chi connectivity index (χ0) is 21.7. The molecule has 0 aliphatic carbocycles. The van der Waals surface area contributed by atoms with Crippen LogP contribution in [0.5, 0.6) is 0 Å². The average molecular weight is 422 g/mol. The lowest BCUT2D eigenvalue weighted by atomic mass is 9.88.